The number of hydrogen-bond donors (Lipinski definition) is 2. The number of nitrogen functional groups attached to an aromatic ring is 1. The van der Waals surface area contributed by atoms with Crippen molar-refractivity contribution in [1.82, 2.24) is 4.98 Å². The molecule has 3 N–H and O–H groups in total. The summed E-state index contributed by atoms with van der Waals surface area (Å²) in [5.74, 6) is 0.563. The first-order valence-electron chi connectivity index (χ1n) is 5.88. The average Bonchev–Trinajstić information content (AvgIpc) is 2.39. The van der Waals surface area contributed by atoms with Crippen molar-refractivity contribution in [2.45, 2.75) is 11.8 Å². The number of hydrogen-bond acceptors (Lipinski definition) is 4. The Morgan fingerprint density at radius 3 is 2.56 bits per heavy atom. The minimum atomic E-state index is 0.563. The van der Waals surface area contributed by atoms with Crippen LogP contribution < -0.4 is 11.1 Å². The number of nitrogens with one attached hydrogen (secondary N) is 1. The summed E-state index contributed by atoms with van der Waals surface area (Å²) in [6.07, 6.45) is 2.03. The number of benzene rings is 1. The van der Waals surface area contributed by atoms with E-state index in [1.165, 1.54) is 0 Å². The van der Waals surface area contributed by atoms with Crippen LogP contribution in [0.5, 0.6) is 0 Å². The van der Waals surface area contributed by atoms with E-state index in [4.69, 9.17) is 5.73 Å². The Labute approximate surface area is 112 Å². The summed E-state index contributed by atoms with van der Waals surface area (Å²) >= 11 is 1.67. The van der Waals surface area contributed by atoms with Gasteiger partial charge >= 0.3 is 0 Å². The highest BCUT2D eigenvalue weighted by Gasteiger charge is 2.03. The number of nitrogens with two attached hydrogens (primary N) is 1. The highest BCUT2D eigenvalue weighted by molar-refractivity contribution is 7.98. The van der Waals surface area contributed by atoms with Gasteiger partial charge in [-0.25, -0.2) is 4.98 Å². The Morgan fingerprint density at radius 2 is 1.94 bits per heavy atom. The Kier molecular flexibility index (Phi) is 4.10. The predicted molar refractivity (Wildman–Crippen MR) is 80.0 cm³/mol. The van der Waals surface area contributed by atoms with E-state index in [1.54, 1.807) is 11.8 Å². The van der Waals surface area contributed by atoms with Crippen LogP contribution in [-0.4, -0.2) is 17.8 Å². The van der Waals surface area contributed by atoms with E-state index < -0.39 is 0 Å². The lowest BCUT2D eigenvalue weighted by Gasteiger charge is -2.07. The summed E-state index contributed by atoms with van der Waals surface area (Å²) in [7, 11) is 0. The van der Waals surface area contributed by atoms with Gasteiger partial charge in [0.05, 0.1) is 5.69 Å². The van der Waals surface area contributed by atoms with E-state index >= 15 is 0 Å². The molecule has 0 aliphatic carbocycles. The summed E-state index contributed by atoms with van der Waals surface area (Å²) in [6.45, 7) is 3.00. The van der Waals surface area contributed by atoms with Crippen molar-refractivity contribution < 1.29 is 0 Å². The fourth-order valence-corrected chi connectivity index (χ4v) is 2.22. The first kappa shape index (κ1) is 12.8. The van der Waals surface area contributed by atoms with Crippen LogP contribution in [0.3, 0.4) is 0 Å². The van der Waals surface area contributed by atoms with Gasteiger partial charge in [-0.3, -0.25) is 0 Å². The second kappa shape index (κ2) is 5.78. The molecular formula is C14H17N3S. The molecule has 94 valence electrons. The molecule has 0 radical (unpaired) electrons. The van der Waals surface area contributed by atoms with E-state index in [-0.39, 0.29) is 0 Å². The Hall–Kier alpha value is -1.68. The normalized spacial score (nSPS) is 10.3. The highest BCUT2D eigenvalue weighted by Crippen LogP contribution is 2.25. The van der Waals surface area contributed by atoms with Gasteiger partial charge < -0.3 is 11.1 Å². The first-order chi connectivity index (χ1) is 8.72. The fourth-order valence-electron chi connectivity index (χ4n) is 1.75. The van der Waals surface area contributed by atoms with Crippen molar-refractivity contribution in [2.24, 2.45) is 0 Å². The molecule has 0 aliphatic rings. The SMILES string of the molecule is CCNc1ccc(-c2cc(SC)cc(N)n2)cc1. The van der Waals surface area contributed by atoms with Gasteiger partial charge in [-0.15, -0.1) is 11.8 Å². The standard InChI is InChI=1S/C14H17N3S/c1-3-16-11-6-4-10(5-7-11)13-8-12(18-2)9-14(15)17-13/h4-9,16H,3H2,1-2H3,(H2,15,17). The van der Waals surface area contributed by atoms with E-state index in [1.807, 2.05) is 12.3 Å². The molecule has 3 nitrogen and oxygen atoms in total. The van der Waals surface area contributed by atoms with Crippen LogP contribution in [0.25, 0.3) is 11.3 Å². The van der Waals surface area contributed by atoms with Gasteiger partial charge in [0.25, 0.3) is 0 Å². The van der Waals surface area contributed by atoms with Crippen LogP contribution in [0.1, 0.15) is 6.92 Å². The van der Waals surface area contributed by atoms with E-state index in [0.717, 1.165) is 28.4 Å². The Morgan fingerprint density at radius 1 is 1.22 bits per heavy atom. The molecule has 0 spiro atoms. The molecule has 1 aromatic carbocycles. The van der Waals surface area contributed by atoms with Gasteiger partial charge in [-0.1, -0.05) is 12.1 Å². The minimum Gasteiger partial charge on any atom is -0.385 e. The Bertz CT molecular complexity index is 523. The van der Waals surface area contributed by atoms with Crippen molar-refractivity contribution in [1.29, 1.82) is 0 Å². The van der Waals surface area contributed by atoms with Gasteiger partial charge in [0.2, 0.25) is 0 Å². The molecule has 4 heteroatoms. The molecule has 0 saturated heterocycles. The second-order valence-corrected chi connectivity index (χ2v) is 4.80. The molecular weight excluding hydrogens is 242 g/mol. The predicted octanol–water partition coefficient (Wildman–Crippen LogP) is 3.48. The minimum absolute atomic E-state index is 0.563. The van der Waals surface area contributed by atoms with E-state index in [2.05, 4.69) is 47.6 Å². The van der Waals surface area contributed by atoms with Gasteiger partial charge in [-0.2, -0.15) is 0 Å². The van der Waals surface area contributed by atoms with Crippen LogP contribution in [0.4, 0.5) is 11.5 Å². The maximum atomic E-state index is 5.81. The molecule has 2 aromatic rings. The quantitative estimate of drug-likeness (QED) is 0.825. The zero-order valence-corrected chi connectivity index (χ0v) is 11.4. The molecule has 2 rings (SSSR count). The maximum Gasteiger partial charge on any atom is 0.125 e. The number of pyridine rings is 1. The van der Waals surface area contributed by atoms with Crippen LogP contribution in [0.2, 0.25) is 0 Å². The third kappa shape index (κ3) is 2.96. The lowest BCUT2D eigenvalue weighted by atomic mass is 10.1. The average molecular weight is 259 g/mol. The molecule has 0 aliphatic heterocycles. The van der Waals surface area contributed by atoms with Crippen molar-refractivity contribution >= 4 is 23.3 Å². The molecule has 18 heavy (non-hydrogen) atoms. The number of nitrogens with zero attached hydrogens (tertiary/aromatic N) is 1. The van der Waals surface area contributed by atoms with Crippen molar-refractivity contribution in [3.05, 3.63) is 36.4 Å². The van der Waals surface area contributed by atoms with Crippen molar-refractivity contribution in [3.8, 4) is 11.3 Å². The maximum absolute atomic E-state index is 5.81. The van der Waals surface area contributed by atoms with Crippen LogP contribution in [0.15, 0.2) is 41.3 Å². The molecule has 0 unspecified atom stereocenters. The first-order valence-corrected chi connectivity index (χ1v) is 7.11. The molecule has 0 amide bonds. The van der Waals surface area contributed by atoms with E-state index in [9.17, 15) is 0 Å². The topological polar surface area (TPSA) is 50.9 Å². The monoisotopic (exact) mass is 259 g/mol. The summed E-state index contributed by atoms with van der Waals surface area (Å²) in [5.41, 5.74) is 8.94. The smallest absolute Gasteiger partial charge is 0.125 e. The third-order valence-corrected chi connectivity index (χ3v) is 3.32. The fraction of sp³-hybridized carbons (Fsp3) is 0.214. The lowest BCUT2D eigenvalue weighted by molar-refractivity contribution is 1.21. The lowest BCUT2D eigenvalue weighted by Crippen LogP contribution is -1.96. The van der Waals surface area contributed by atoms with Gasteiger partial charge in [-0.05, 0) is 37.4 Å². The highest BCUT2D eigenvalue weighted by atomic mass is 32.2. The molecule has 0 fully saturated rings. The van der Waals surface area contributed by atoms with Crippen molar-refractivity contribution in [3.63, 3.8) is 0 Å². The third-order valence-electron chi connectivity index (χ3n) is 2.62. The molecule has 0 bridgehead atoms. The van der Waals surface area contributed by atoms with Gasteiger partial charge in [0, 0.05) is 22.7 Å². The largest absolute Gasteiger partial charge is 0.385 e. The van der Waals surface area contributed by atoms with Gasteiger partial charge in [0.1, 0.15) is 5.82 Å². The summed E-state index contributed by atoms with van der Waals surface area (Å²) in [4.78, 5) is 5.50. The number of thioether (sulfide) groups is 1. The van der Waals surface area contributed by atoms with Crippen molar-refractivity contribution in [2.75, 3.05) is 23.9 Å². The zero-order chi connectivity index (χ0) is 13.0. The molecule has 0 saturated carbocycles. The number of rotatable bonds is 4. The van der Waals surface area contributed by atoms with E-state index in [0.29, 0.717) is 5.82 Å². The van der Waals surface area contributed by atoms with Crippen LogP contribution in [0, 0.1) is 0 Å². The number of aromatic nitrogens is 1. The summed E-state index contributed by atoms with van der Waals surface area (Å²) in [5, 5.41) is 3.27. The van der Waals surface area contributed by atoms with Gasteiger partial charge in [0.15, 0.2) is 0 Å². The van der Waals surface area contributed by atoms with Crippen LogP contribution >= 0.6 is 11.8 Å². The molecule has 1 aromatic heterocycles. The summed E-state index contributed by atoms with van der Waals surface area (Å²) < 4.78 is 0. The second-order valence-electron chi connectivity index (χ2n) is 3.92. The zero-order valence-electron chi connectivity index (χ0n) is 10.6. The summed E-state index contributed by atoms with van der Waals surface area (Å²) in [6, 6.07) is 12.2. The molecule has 1 heterocycles. The number of anilines is 2. The molecule has 0 atom stereocenters. The Balaban J connectivity index is 2.33. The van der Waals surface area contributed by atoms with Crippen LogP contribution in [-0.2, 0) is 0 Å².